The third-order valence-electron chi connectivity index (χ3n) is 4.44. The molecule has 3 rings (SSSR count). The lowest BCUT2D eigenvalue weighted by Crippen LogP contribution is -2.25. The maximum atomic E-state index is 11.0. The number of benzene rings is 3. The molecule has 3 aromatic rings. The largest absolute Gasteiger partial charge is 0.481 e. The summed E-state index contributed by atoms with van der Waals surface area (Å²) in [5.41, 5.74) is 3.52. The number of ether oxygens (including phenoxy) is 1. The van der Waals surface area contributed by atoms with Gasteiger partial charge < -0.3 is 9.84 Å². The first-order chi connectivity index (χ1) is 13.6. The van der Waals surface area contributed by atoms with Gasteiger partial charge in [-0.3, -0.25) is 9.69 Å². The zero-order chi connectivity index (χ0) is 19.8. The van der Waals surface area contributed by atoms with Crippen molar-refractivity contribution in [1.29, 1.82) is 0 Å². The molecule has 0 heterocycles. The van der Waals surface area contributed by atoms with Crippen LogP contribution in [0.4, 0.5) is 0 Å². The Kier molecular flexibility index (Phi) is 6.82. The Bertz CT molecular complexity index is 891. The monoisotopic (exact) mass is 375 g/mol. The minimum absolute atomic E-state index is 0.126. The van der Waals surface area contributed by atoms with E-state index < -0.39 is 5.97 Å². The molecule has 0 unspecified atom stereocenters. The minimum Gasteiger partial charge on any atom is -0.481 e. The van der Waals surface area contributed by atoms with Gasteiger partial charge >= 0.3 is 5.97 Å². The van der Waals surface area contributed by atoms with E-state index in [9.17, 15) is 4.79 Å². The molecule has 1 N–H and O–H groups in total. The van der Waals surface area contributed by atoms with Crippen molar-refractivity contribution in [2.75, 3.05) is 6.54 Å². The summed E-state index contributed by atoms with van der Waals surface area (Å²) >= 11 is 0. The highest BCUT2D eigenvalue weighted by Gasteiger charge is 2.10. The molecule has 4 nitrogen and oxygen atoms in total. The number of aryl methyl sites for hydroxylation is 1. The highest BCUT2D eigenvalue weighted by molar-refractivity contribution is 5.66. The average Bonchev–Trinajstić information content (AvgIpc) is 2.68. The number of para-hydroxylation sites is 1. The Labute approximate surface area is 166 Å². The fourth-order valence-corrected chi connectivity index (χ4v) is 3.08. The van der Waals surface area contributed by atoms with Gasteiger partial charge in [0.05, 0.1) is 6.42 Å². The summed E-state index contributed by atoms with van der Waals surface area (Å²) in [5, 5.41) is 9.07. The van der Waals surface area contributed by atoms with Crippen LogP contribution >= 0.6 is 0 Å². The highest BCUT2D eigenvalue weighted by Crippen LogP contribution is 2.22. The van der Waals surface area contributed by atoms with Crippen molar-refractivity contribution in [2.24, 2.45) is 0 Å². The Morgan fingerprint density at radius 1 is 0.857 bits per heavy atom. The zero-order valence-corrected chi connectivity index (χ0v) is 16.0. The van der Waals surface area contributed by atoms with Crippen LogP contribution in [0.25, 0.3) is 0 Å². The van der Waals surface area contributed by atoms with E-state index in [0.717, 1.165) is 23.6 Å². The Balaban J connectivity index is 1.66. The Morgan fingerprint density at radius 3 is 2.21 bits per heavy atom. The molecule has 3 aromatic carbocycles. The molecule has 0 spiro atoms. The van der Waals surface area contributed by atoms with Crippen LogP contribution in [0.5, 0.6) is 11.5 Å². The van der Waals surface area contributed by atoms with Crippen LogP contribution in [-0.4, -0.2) is 22.5 Å². The number of carbonyl (C=O) groups is 1. The molecule has 0 aliphatic rings. The number of rotatable bonds is 9. The lowest BCUT2D eigenvalue weighted by molar-refractivity contribution is -0.137. The second-order valence-electron chi connectivity index (χ2n) is 6.90. The van der Waals surface area contributed by atoms with Crippen LogP contribution < -0.4 is 4.74 Å². The van der Waals surface area contributed by atoms with Gasteiger partial charge in [0.25, 0.3) is 0 Å². The zero-order valence-electron chi connectivity index (χ0n) is 16.0. The first kappa shape index (κ1) is 19.6. The van der Waals surface area contributed by atoms with Crippen LogP contribution in [0.15, 0.2) is 78.9 Å². The van der Waals surface area contributed by atoms with E-state index in [-0.39, 0.29) is 6.42 Å². The SMILES string of the molecule is Cc1cccc(CN(CCC(=O)O)Cc2ccc(Oc3ccccc3)cc2)c1. The van der Waals surface area contributed by atoms with E-state index in [1.807, 2.05) is 60.7 Å². The second-order valence-corrected chi connectivity index (χ2v) is 6.90. The van der Waals surface area contributed by atoms with E-state index in [4.69, 9.17) is 9.84 Å². The molecular weight excluding hydrogens is 350 g/mol. The molecule has 0 atom stereocenters. The predicted octanol–water partition coefficient (Wildman–Crippen LogP) is 5.26. The fourth-order valence-electron chi connectivity index (χ4n) is 3.08. The van der Waals surface area contributed by atoms with E-state index in [1.165, 1.54) is 11.1 Å². The molecule has 4 heteroatoms. The summed E-state index contributed by atoms with van der Waals surface area (Å²) in [6, 6.07) is 26.0. The molecule has 28 heavy (non-hydrogen) atoms. The van der Waals surface area contributed by atoms with Crippen molar-refractivity contribution in [3.05, 3.63) is 95.6 Å². The lowest BCUT2D eigenvalue weighted by atomic mass is 10.1. The van der Waals surface area contributed by atoms with Crippen molar-refractivity contribution in [3.63, 3.8) is 0 Å². The van der Waals surface area contributed by atoms with Crippen molar-refractivity contribution in [1.82, 2.24) is 4.90 Å². The third-order valence-corrected chi connectivity index (χ3v) is 4.44. The van der Waals surface area contributed by atoms with Crippen molar-refractivity contribution in [3.8, 4) is 11.5 Å². The number of hydrogen-bond acceptors (Lipinski definition) is 3. The summed E-state index contributed by atoms with van der Waals surface area (Å²) in [5.74, 6) is 0.810. The molecule has 0 saturated carbocycles. The molecule has 0 aliphatic carbocycles. The summed E-state index contributed by atoms with van der Waals surface area (Å²) in [6.45, 7) is 3.98. The Morgan fingerprint density at radius 2 is 1.54 bits per heavy atom. The molecule has 0 aromatic heterocycles. The third kappa shape index (κ3) is 6.25. The molecule has 0 amide bonds. The van der Waals surface area contributed by atoms with Gasteiger partial charge in [0.2, 0.25) is 0 Å². The minimum atomic E-state index is -0.777. The van der Waals surface area contributed by atoms with Gasteiger partial charge in [-0.1, -0.05) is 60.2 Å². The van der Waals surface area contributed by atoms with Gasteiger partial charge in [0, 0.05) is 19.6 Å². The number of nitrogens with zero attached hydrogens (tertiary/aromatic N) is 1. The average molecular weight is 375 g/mol. The number of aliphatic carboxylic acids is 1. The molecule has 0 aliphatic heterocycles. The normalized spacial score (nSPS) is 10.8. The number of carboxylic acids is 1. The number of hydrogen-bond donors (Lipinski definition) is 1. The van der Waals surface area contributed by atoms with Crippen molar-refractivity contribution < 1.29 is 14.6 Å². The molecule has 0 saturated heterocycles. The Hall–Kier alpha value is -3.11. The maximum absolute atomic E-state index is 11.0. The molecule has 0 fully saturated rings. The quantitative estimate of drug-likeness (QED) is 0.554. The van der Waals surface area contributed by atoms with E-state index in [0.29, 0.717) is 13.1 Å². The van der Waals surface area contributed by atoms with Gasteiger partial charge in [-0.15, -0.1) is 0 Å². The van der Waals surface area contributed by atoms with Gasteiger partial charge in [-0.05, 0) is 42.3 Å². The van der Waals surface area contributed by atoms with Gasteiger partial charge in [-0.2, -0.15) is 0 Å². The summed E-state index contributed by atoms with van der Waals surface area (Å²) in [6.07, 6.45) is 0.126. The van der Waals surface area contributed by atoms with Crippen LogP contribution in [0, 0.1) is 6.92 Å². The van der Waals surface area contributed by atoms with Crippen LogP contribution in [-0.2, 0) is 17.9 Å². The maximum Gasteiger partial charge on any atom is 0.304 e. The summed E-state index contributed by atoms with van der Waals surface area (Å²) in [7, 11) is 0. The van der Waals surface area contributed by atoms with Crippen LogP contribution in [0.3, 0.4) is 0 Å². The smallest absolute Gasteiger partial charge is 0.304 e. The second kappa shape index (κ2) is 9.72. The van der Waals surface area contributed by atoms with Crippen LogP contribution in [0.2, 0.25) is 0 Å². The van der Waals surface area contributed by atoms with E-state index in [2.05, 4.69) is 30.0 Å². The van der Waals surface area contributed by atoms with Gasteiger partial charge in [-0.25, -0.2) is 0 Å². The summed E-state index contributed by atoms with van der Waals surface area (Å²) < 4.78 is 5.83. The highest BCUT2D eigenvalue weighted by atomic mass is 16.5. The van der Waals surface area contributed by atoms with Gasteiger partial charge in [0.15, 0.2) is 0 Å². The van der Waals surface area contributed by atoms with Crippen molar-refractivity contribution >= 4 is 5.97 Å². The van der Waals surface area contributed by atoms with Crippen LogP contribution in [0.1, 0.15) is 23.1 Å². The predicted molar refractivity (Wildman–Crippen MR) is 111 cm³/mol. The van der Waals surface area contributed by atoms with Crippen molar-refractivity contribution in [2.45, 2.75) is 26.4 Å². The first-order valence-corrected chi connectivity index (χ1v) is 9.40. The van der Waals surface area contributed by atoms with E-state index in [1.54, 1.807) is 0 Å². The standard InChI is InChI=1S/C24H25NO3/c1-19-6-5-7-21(16-19)18-25(15-14-24(26)27)17-20-10-12-23(13-11-20)28-22-8-3-2-4-9-22/h2-13,16H,14-15,17-18H2,1H3,(H,26,27). The fraction of sp³-hybridized carbons (Fsp3) is 0.208. The molecular formula is C24H25NO3. The van der Waals surface area contributed by atoms with Gasteiger partial charge in [0.1, 0.15) is 11.5 Å². The number of carboxylic acid groups (broad SMARTS) is 1. The molecule has 0 radical (unpaired) electrons. The molecule has 0 bridgehead atoms. The topological polar surface area (TPSA) is 49.8 Å². The summed E-state index contributed by atoms with van der Waals surface area (Å²) in [4.78, 5) is 13.2. The molecule has 144 valence electrons. The van der Waals surface area contributed by atoms with E-state index >= 15 is 0 Å². The lowest BCUT2D eigenvalue weighted by Gasteiger charge is -2.22. The first-order valence-electron chi connectivity index (χ1n) is 9.40.